The van der Waals surface area contributed by atoms with E-state index >= 15 is 8.78 Å². The molecule has 0 saturated carbocycles. The molecule has 8 heterocycles. The fourth-order valence-electron chi connectivity index (χ4n) is 10.00. The van der Waals surface area contributed by atoms with Gasteiger partial charge in [-0.3, -0.25) is 19.6 Å². The van der Waals surface area contributed by atoms with Crippen molar-refractivity contribution < 1.29 is 36.6 Å². The molecule has 0 N–H and O–H groups in total. The third-order valence-corrected chi connectivity index (χ3v) is 12.8. The second-order valence-electron chi connectivity index (χ2n) is 16.3. The van der Waals surface area contributed by atoms with Crippen LogP contribution < -0.4 is 9.64 Å². The highest BCUT2D eigenvalue weighted by Gasteiger charge is 2.51. The smallest absolute Gasteiger partial charge is 0.319 e. The summed E-state index contributed by atoms with van der Waals surface area (Å²) in [7, 11) is 0. The van der Waals surface area contributed by atoms with Crippen LogP contribution in [-0.2, 0) is 14.3 Å². The average Bonchev–Trinajstić information content (AvgIpc) is 3.84. The van der Waals surface area contributed by atoms with Crippen LogP contribution >= 0.6 is 0 Å². The molecule has 6 fully saturated rings. The van der Waals surface area contributed by atoms with Crippen LogP contribution in [0.5, 0.6) is 6.01 Å². The fourth-order valence-corrected chi connectivity index (χ4v) is 10.00. The van der Waals surface area contributed by atoms with E-state index < -0.39 is 34.7 Å². The van der Waals surface area contributed by atoms with Gasteiger partial charge in [0.25, 0.3) is 0 Å². The Morgan fingerprint density at radius 2 is 1.84 bits per heavy atom. The number of ether oxygens (including phenoxy) is 3. The molecule has 0 radical (unpaired) electrons. The molecular formula is C41H43F4N7O4. The minimum Gasteiger partial charge on any atom is -0.461 e. The molecule has 6 aliphatic heterocycles. The molecule has 1 amide bonds. The summed E-state index contributed by atoms with van der Waals surface area (Å²) in [6.45, 7) is 5.39. The van der Waals surface area contributed by atoms with Gasteiger partial charge in [-0.1, -0.05) is 30.3 Å². The lowest BCUT2D eigenvalue weighted by atomic mass is 9.91. The maximum Gasteiger partial charge on any atom is 0.319 e. The molecule has 2 bridgehead atoms. The van der Waals surface area contributed by atoms with Crippen LogP contribution in [0.15, 0.2) is 48.7 Å². The van der Waals surface area contributed by atoms with Gasteiger partial charge in [-0.05, 0) is 43.7 Å². The number of amides is 1. The Balaban J connectivity index is 0.978. The van der Waals surface area contributed by atoms with E-state index in [0.29, 0.717) is 68.9 Å². The minimum atomic E-state index is -1.10. The largest absolute Gasteiger partial charge is 0.461 e. The quantitative estimate of drug-likeness (QED) is 0.179. The molecule has 6 saturated heterocycles. The van der Waals surface area contributed by atoms with Gasteiger partial charge in [0.2, 0.25) is 5.91 Å². The third-order valence-electron chi connectivity index (χ3n) is 12.8. The van der Waals surface area contributed by atoms with E-state index in [9.17, 15) is 13.6 Å². The summed E-state index contributed by atoms with van der Waals surface area (Å²) in [6, 6.07) is 7.14. The van der Waals surface area contributed by atoms with Crippen molar-refractivity contribution in [3.63, 3.8) is 0 Å². The zero-order chi connectivity index (χ0) is 38.2. The Bertz CT molecular complexity index is 2230. The standard InChI is InChI=1S/C41H43F4N7O4/c42-26-16-40(11-3-13-51(40)18-26)24-55-39-47-37-30(17-46-36(35(37)45)29-5-1-4-25-7-10-31(43)34(44)33(25)29)38(48-39)50-14-15-52(41(21-50)22-54-23-41)32(53)6-2-12-49-19-27-8-9-28(20-49)56-27/h1-2,4-7,10,17,26-28H,3,8-9,11-16,18-24H2/b6-2+/t26?,27?,28?,40-/m0/s1. The number of piperazine rings is 1. The lowest BCUT2D eigenvalue weighted by Gasteiger charge is -2.55. The monoisotopic (exact) mass is 773 g/mol. The summed E-state index contributed by atoms with van der Waals surface area (Å²) in [5, 5.41) is 0.595. The molecular weight excluding hydrogens is 730 g/mol. The molecule has 4 atom stereocenters. The lowest BCUT2D eigenvalue weighted by molar-refractivity contribution is -0.164. The number of pyridine rings is 1. The van der Waals surface area contributed by atoms with Crippen LogP contribution in [0.4, 0.5) is 23.4 Å². The topological polar surface area (TPSA) is 96.4 Å². The van der Waals surface area contributed by atoms with Crippen LogP contribution in [-0.4, -0.2) is 137 Å². The van der Waals surface area contributed by atoms with Crippen molar-refractivity contribution in [1.29, 1.82) is 0 Å². The predicted molar refractivity (Wildman–Crippen MR) is 200 cm³/mol. The molecule has 294 valence electrons. The SMILES string of the molecule is O=C(/C=C/CN1CC2CCC(C1)O2)N1CCN(c2nc(OC[C@@]34CCCN3CC(F)C4)nc3c(F)c(-c4cccc5ccc(F)c(F)c45)ncc23)CC12COC2. The van der Waals surface area contributed by atoms with E-state index in [-0.39, 0.29) is 52.9 Å². The molecule has 0 aliphatic carbocycles. The van der Waals surface area contributed by atoms with E-state index in [1.807, 2.05) is 15.9 Å². The highest BCUT2D eigenvalue weighted by atomic mass is 19.2. The van der Waals surface area contributed by atoms with Gasteiger partial charge >= 0.3 is 6.01 Å². The van der Waals surface area contributed by atoms with Crippen molar-refractivity contribution >= 4 is 33.4 Å². The van der Waals surface area contributed by atoms with Gasteiger partial charge in [0.05, 0.1) is 36.3 Å². The van der Waals surface area contributed by atoms with Gasteiger partial charge in [0, 0.05) is 75.5 Å². The number of hydrogen-bond acceptors (Lipinski definition) is 10. The Labute approximate surface area is 321 Å². The number of carbonyl (C=O) groups is 1. The molecule has 56 heavy (non-hydrogen) atoms. The van der Waals surface area contributed by atoms with Gasteiger partial charge in [0.15, 0.2) is 17.5 Å². The summed E-state index contributed by atoms with van der Waals surface area (Å²) in [5.41, 5.74) is -1.37. The molecule has 2 aromatic carbocycles. The van der Waals surface area contributed by atoms with E-state index in [4.69, 9.17) is 19.2 Å². The van der Waals surface area contributed by atoms with E-state index in [1.165, 1.54) is 18.3 Å². The fraction of sp³-hybridized carbons (Fsp3) is 0.512. The Morgan fingerprint density at radius 3 is 2.64 bits per heavy atom. The highest BCUT2D eigenvalue weighted by Crippen LogP contribution is 2.42. The number of halogens is 4. The van der Waals surface area contributed by atoms with Crippen molar-refractivity contribution in [1.82, 2.24) is 29.7 Å². The van der Waals surface area contributed by atoms with Gasteiger partial charge in [-0.2, -0.15) is 9.97 Å². The maximum absolute atomic E-state index is 17.0. The first kappa shape index (κ1) is 35.9. The Kier molecular flexibility index (Phi) is 8.91. The summed E-state index contributed by atoms with van der Waals surface area (Å²) in [6.07, 6.45) is 8.79. The maximum atomic E-state index is 17.0. The number of hydrogen-bond donors (Lipinski definition) is 0. The average molecular weight is 774 g/mol. The second kappa shape index (κ2) is 13.9. The number of anilines is 1. The molecule has 11 nitrogen and oxygen atoms in total. The van der Waals surface area contributed by atoms with Gasteiger partial charge in [0.1, 0.15) is 35.3 Å². The van der Waals surface area contributed by atoms with Crippen LogP contribution in [0, 0.1) is 17.5 Å². The molecule has 4 aromatic rings. The molecule has 3 unspecified atom stereocenters. The van der Waals surface area contributed by atoms with Gasteiger partial charge in [-0.25, -0.2) is 17.6 Å². The number of morpholine rings is 1. The number of likely N-dealkylation sites (tertiary alicyclic amines) is 1. The number of nitrogens with zero attached hydrogens (tertiary/aromatic N) is 7. The van der Waals surface area contributed by atoms with Crippen LogP contribution in [0.25, 0.3) is 32.9 Å². The molecule has 2 aromatic heterocycles. The summed E-state index contributed by atoms with van der Waals surface area (Å²) < 4.78 is 79.3. The third kappa shape index (κ3) is 6.09. The van der Waals surface area contributed by atoms with Crippen LogP contribution in [0.3, 0.4) is 0 Å². The van der Waals surface area contributed by atoms with Gasteiger partial charge < -0.3 is 24.0 Å². The molecule has 6 aliphatic rings. The van der Waals surface area contributed by atoms with Crippen LogP contribution in [0.2, 0.25) is 0 Å². The summed E-state index contributed by atoms with van der Waals surface area (Å²) in [4.78, 5) is 35.9. The second-order valence-corrected chi connectivity index (χ2v) is 16.3. The zero-order valence-corrected chi connectivity index (χ0v) is 30.9. The van der Waals surface area contributed by atoms with E-state index in [0.717, 1.165) is 51.4 Å². The molecule has 15 heteroatoms. The highest BCUT2D eigenvalue weighted by molar-refractivity contribution is 5.99. The number of carbonyl (C=O) groups excluding carboxylic acids is 1. The van der Waals surface area contributed by atoms with Crippen molar-refractivity contribution in [2.75, 3.05) is 77.1 Å². The molecule has 1 spiro atoms. The van der Waals surface area contributed by atoms with Crippen molar-refractivity contribution in [3.8, 4) is 17.3 Å². The molecule has 10 rings (SSSR count). The van der Waals surface area contributed by atoms with Crippen LogP contribution in [0.1, 0.15) is 32.1 Å². The zero-order valence-electron chi connectivity index (χ0n) is 30.9. The summed E-state index contributed by atoms with van der Waals surface area (Å²) in [5.74, 6) is -2.73. The van der Waals surface area contributed by atoms with Gasteiger partial charge in [-0.15, -0.1) is 0 Å². The Hall–Kier alpha value is -4.44. The van der Waals surface area contributed by atoms with E-state index in [2.05, 4.69) is 19.8 Å². The number of aromatic nitrogens is 3. The normalized spacial score (nSPS) is 27.5. The number of benzene rings is 2. The first-order valence-corrected chi connectivity index (χ1v) is 19.6. The lowest BCUT2D eigenvalue weighted by Crippen LogP contribution is -2.72. The number of fused-ring (bicyclic) bond motifs is 5. The minimum absolute atomic E-state index is 0.0775. The van der Waals surface area contributed by atoms with Crippen molar-refractivity contribution in [2.24, 2.45) is 0 Å². The first-order valence-electron chi connectivity index (χ1n) is 19.6. The number of alkyl halides is 1. The summed E-state index contributed by atoms with van der Waals surface area (Å²) >= 11 is 0. The van der Waals surface area contributed by atoms with Crippen molar-refractivity contribution in [3.05, 3.63) is 66.1 Å². The first-order chi connectivity index (χ1) is 27.2. The predicted octanol–water partition coefficient (Wildman–Crippen LogP) is 5.05. The van der Waals surface area contributed by atoms with E-state index in [1.54, 1.807) is 18.2 Å². The Morgan fingerprint density at radius 1 is 1.00 bits per heavy atom. The van der Waals surface area contributed by atoms with Crippen molar-refractivity contribution in [2.45, 2.75) is 61.6 Å². The number of rotatable bonds is 8.